The van der Waals surface area contributed by atoms with E-state index in [1.807, 2.05) is 21.7 Å². The van der Waals surface area contributed by atoms with E-state index in [1.54, 1.807) is 22.7 Å². The zero-order valence-electron chi connectivity index (χ0n) is 14.6. The molecule has 2 amide bonds. The zero-order chi connectivity index (χ0) is 17.9. The third-order valence-corrected chi connectivity index (χ3v) is 7.29. The van der Waals surface area contributed by atoms with Crippen molar-refractivity contribution in [3.63, 3.8) is 0 Å². The number of piperidine rings is 1. The molecule has 4 rings (SSSR count). The summed E-state index contributed by atoms with van der Waals surface area (Å²) in [5, 5.41) is 8.08. The number of carbonyl (C=O) groups is 2. The second-order valence-corrected chi connectivity index (χ2v) is 8.87. The van der Waals surface area contributed by atoms with Gasteiger partial charge in [0.05, 0.1) is 17.1 Å². The predicted octanol–water partition coefficient (Wildman–Crippen LogP) is 3.53. The molecule has 0 bridgehead atoms. The average Bonchev–Trinajstić information content (AvgIpc) is 3.29. The molecule has 26 heavy (non-hydrogen) atoms. The minimum absolute atomic E-state index is 0.0100. The topological polar surface area (TPSA) is 62.3 Å². The summed E-state index contributed by atoms with van der Waals surface area (Å²) in [6.45, 7) is 1.90. The lowest BCUT2D eigenvalue weighted by Crippen LogP contribution is -2.46. The van der Waals surface area contributed by atoms with Crippen molar-refractivity contribution in [2.24, 2.45) is 11.8 Å². The third kappa shape index (κ3) is 3.83. The first-order valence-corrected chi connectivity index (χ1v) is 11.0. The highest BCUT2D eigenvalue weighted by molar-refractivity contribution is 7.20. The summed E-state index contributed by atoms with van der Waals surface area (Å²) in [5.74, 6) is 0.656. The molecule has 138 valence electrons. The van der Waals surface area contributed by atoms with Crippen molar-refractivity contribution in [1.82, 2.24) is 15.2 Å². The van der Waals surface area contributed by atoms with E-state index in [0.717, 1.165) is 41.3 Å². The number of hydrogen-bond donors (Lipinski definition) is 1. The van der Waals surface area contributed by atoms with Gasteiger partial charge in [-0.2, -0.15) is 0 Å². The summed E-state index contributed by atoms with van der Waals surface area (Å²) in [6.07, 6.45) is 4.80. The maximum atomic E-state index is 12.4. The van der Waals surface area contributed by atoms with Gasteiger partial charge in [0.2, 0.25) is 11.8 Å². The highest BCUT2D eigenvalue weighted by atomic mass is 32.1. The summed E-state index contributed by atoms with van der Waals surface area (Å²) in [4.78, 5) is 32.5. The SMILES string of the molecule is O=C(NCc1csc(-c2cccs2)n1)C1CCN(C(=O)C2CCC2)CC1. The Hall–Kier alpha value is -1.73. The van der Waals surface area contributed by atoms with Gasteiger partial charge < -0.3 is 10.2 Å². The minimum atomic E-state index is 0.0100. The summed E-state index contributed by atoms with van der Waals surface area (Å²) in [5.41, 5.74) is 0.907. The van der Waals surface area contributed by atoms with Gasteiger partial charge in [0.1, 0.15) is 5.01 Å². The van der Waals surface area contributed by atoms with Crippen LogP contribution in [0, 0.1) is 11.8 Å². The van der Waals surface area contributed by atoms with E-state index in [1.165, 1.54) is 6.42 Å². The summed E-state index contributed by atoms with van der Waals surface area (Å²) < 4.78 is 0. The van der Waals surface area contributed by atoms with Crippen LogP contribution in [0.2, 0.25) is 0 Å². The van der Waals surface area contributed by atoms with Gasteiger partial charge in [-0.05, 0) is 37.1 Å². The molecule has 0 aromatic carbocycles. The first kappa shape index (κ1) is 17.7. The normalized spacial score (nSPS) is 18.5. The molecule has 1 aliphatic heterocycles. The Labute approximate surface area is 161 Å². The molecule has 3 heterocycles. The number of aromatic nitrogens is 1. The van der Waals surface area contributed by atoms with E-state index >= 15 is 0 Å². The Morgan fingerprint density at radius 2 is 1.96 bits per heavy atom. The average molecular weight is 390 g/mol. The van der Waals surface area contributed by atoms with Crippen LogP contribution in [-0.4, -0.2) is 34.8 Å². The predicted molar refractivity (Wildman–Crippen MR) is 104 cm³/mol. The number of amides is 2. The number of nitrogens with one attached hydrogen (secondary N) is 1. The van der Waals surface area contributed by atoms with Crippen LogP contribution in [0.25, 0.3) is 9.88 Å². The van der Waals surface area contributed by atoms with E-state index in [2.05, 4.69) is 16.4 Å². The van der Waals surface area contributed by atoms with Crippen molar-refractivity contribution in [3.05, 3.63) is 28.6 Å². The standard InChI is InChI=1S/C19H23N3O2S2/c23-17(13-6-8-22(9-7-13)19(24)14-3-1-4-14)20-11-15-12-26-18(21-15)16-5-2-10-25-16/h2,5,10,12-14H,1,3-4,6-9,11H2,(H,20,23). The van der Waals surface area contributed by atoms with Crippen LogP contribution in [0.15, 0.2) is 22.9 Å². The second kappa shape index (κ2) is 7.88. The van der Waals surface area contributed by atoms with Gasteiger partial charge in [-0.25, -0.2) is 4.98 Å². The fourth-order valence-corrected chi connectivity index (χ4v) is 5.13. The number of rotatable bonds is 5. The fraction of sp³-hybridized carbons (Fsp3) is 0.526. The number of carbonyl (C=O) groups excluding carboxylic acids is 2. The summed E-state index contributed by atoms with van der Waals surface area (Å²) >= 11 is 3.29. The maximum Gasteiger partial charge on any atom is 0.225 e. The van der Waals surface area contributed by atoms with Gasteiger partial charge in [-0.15, -0.1) is 22.7 Å². The molecule has 0 spiro atoms. The molecule has 0 atom stereocenters. The van der Waals surface area contributed by atoms with E-state index in [0.29, 0.717) is 25.5 Å². The first-order chi connectivity index (χ1) is 12.7. The molecule has 2 fully saturated rings. The smallest absolute Gasteiger partial charge is 0.225 e. The molecular weight excluding hydrogens is 366 g/mol. The lowest BCUT2D eigenvalue weighted by atomic mass is 9.83. The van der Waals surface area contributed by atoms with Crippen LogP contribution in [0.4, 0.5) is 0 Å². The molecule has 1 saturated heterocycles. The van der Waals surface area contributed by atoms with Gasteiger partial charge in [0.15, 0.2) is 0 Å². The van der Waals surface area contributed by atoms with E-state index in [-0.39, 0.29) is 17.7 Å². The summed E-state index contributed by atoms with van der Waals surface area (Å²) in [6, 6.07) is 4.08. The van der Waals surface area contributed by atoms with Gasteiger partial charge in [-0.1, -0.05) is 12.5 Å². The third-order valence-electron chi connectivity index (χ3n) is 5.36. The van der Waals surface area contributed by atoms with Crippen molar-refractivity contribution in [2.45, 2.75) is 38.6 Å². The molecule has 1 aliphatic carbocycles. The lowest BCUT2D eigenvalue weighted by molar-refractivity contribution is -0.141. The molecule has 2 aromatic rings. The molecule has 2 aromatic heterocycles. The molecule has 1 N–H and O–H groups in total. The van der Waals surface area contributed by atoms with Crippen LogP contribution in [-0.2, 0) is 16.1 Å². The molecule has 7 heteroatoms. The van der Waals surface area contributed by atoms with Crippen molar-refractivity contribution in [1.29, 1.82) is 0 Å². The molecule has 1 saturated carbocycles. The van der Waals surface area contributed by atoms with Gasteiger partial charge in [-0.3, -0.25) is 9.59 Å². The van der Waals surface area contributed by atoms with Crippen molar-refractivity contribution >= 4 is 34.5 Å². The minimum Gasteiger partial charge on any atom is -0.350 e. The highest BCUT2D eigenvalue weighted by Gasteiger charge is 2.33. The molecule has 0 unspecified atom stereocenters. The van der Waals surface area contributed by atoms with Crippen molar-refractivity contribution in [3.8, 4) is 9.88 Å². The quantitative estimate of drug-likeness (QED) is 0.851. The Bertz CT molecular complexity index is 760. The second-order valence-electron chi connectivity index (χ2n) is 7.07. The van der Waals surface area contributed by atoms with Crippen LogP contribution >= 0.6 is 22.7 Å². The van der Waals surface area contributed by atoms with Gasteiger partial charge in [0.25, 0.3) is 0 Å². The molecular formula is C19H23N3O2S2. The number of hydrogen-bond acceptors (Lipinski definition) is 5. The van der Waals surface area contributed by atoms with E-state index in [9.17, 15) is 9.59 Å². The maximum absolute atomic E-state index is 12.4. The summed E-state index contributed by atoms with van der Waals surface area (Å²) in [7, 11) is 0. The molecule has 0 radical (unpaired) electrons. The largest absolute Gasteiger partial charge is 0.350 e. The first-order valence-electron chi connectivity index (χ1n) is 9.25. The van der Waals surface area contributed by atoms with Crippen molar-refractivity contribution in [2.75, 3.05) is 13.1 Å². The van der Waals surface area contributed by atoms with Gasteiger partial charge >= 0.3 is 0 Å². The number of likely N-dealkylation sites (tertiary alicyclic amines) is 1. The lowest BCUT2D eigenvalue weighted by Gasteiger charge is -2.36. The Morgan fingerprint density at radius 3 is 2.62 bits per heavy atom. The zero-order valence-corrected chi connectivity index (χ0v) is 16.3. The number of thiophene rings is 1. The fourth-order valence-electron chi connectivity index (χ4n) is 3.50. The van der Waals surface area contributed by atoms with Crippen LogP contribution in [0.5, 0.6) is 0 Å². The Balaban J connectivity index is 1.23. The van der Waals surface area contributed by atoms with E-state index < -0.39 is 0 Å². The van der Waals surface area contributed by atoms with E-state index in [4.69, 9.17) is 0 Å². The Kier molecular flexibility index (Phi) is 5.36. The van der Waals surface area contributed by atoms with Crippen molar-refractivity contribution < 1.29 is 9.59 Å². The Morgan fingerprint density at radius 1 is 1.15 bits per heavy atom. The molecule has 5 nitrogen and oxygen atoms in total. The molecule has 2 aliphatic rings. The van der Waals surface area contributed by atoms with Crippen LogP contribution in [0.1, 0.15) is 37.8 Å². The van der Waals surface area contributed by atoms with Crippen LogP contribution < -0.4 is 5.32 Å². The number of thiazole rings is 1. The number of nitrogens with zero attached hydrogens (tertiary/aromatic N) is 2. The van der Waals surface area contributed by atoms with Crippen LogP contribution in [0.3, 0.4) is 0 Å². The highest BCUT2D eigenvalue weighted by Crippen LogP contribution is 2.30. The monoisotopic (exact) mass is 389 g/mol. The van der Waals surface area contributed by atoms with Gasteiger partial charge in [0, 0.05) is 30.3 Å².